The zero-order valence-electron chi connectivity index (χ0n) is 9.93. The minimum absolute atomic E-state index is 0.110. The van der Waals surface area contributed by atoms with Crippen LogP contribution in [0.3, 0.4) is 0 Å². The Morgan fingerprint density at radius 3 is 2.44 bits per heavy atom. The van der Waals surface area contributed by atoms with Crippen LogP contribution in [0.5, 0.6) is 0 Å². The number of carboxylic acids is 1. The summed E-state index contributed by atoms with van der Waals surface area (Å²) in [6, 6.07) is 7.30. The lowest BCUT2D eigenvalue weighted by molar-refractivity contribution is -0.141. The van der Waals surface area contributed by atoms with Crippen molar-refractivity contribution in [2.75, 3.05) is 0 Å². The first-order valence-electron chi connectivity index (χ1n) is 6.08. The smallest absolute Gasteiger partial charge is 0.306 e. The molecule has 1 aromatic carbocycles. The third-order valence-corrected chi connectivity index (χ3v) is 4.06. The summed E-state index contributed by atoms with van der Waals surface area (Å²) in [7, 11) is 0. The van der Waals surface area contributed by atoms with Gasteiger partial charge in [0.05, 0.1) is 5.92 Å². The Labute approximate surface area is 114 Å². The number of carboxylic acid groups (broad SMARTS) is 1. The Hall–Kier alpha value is -1.16. The molecule has 0 radical (unpaired) electrons. The molecule has 1 aromatic rings. The van der Waals surface area contributed by atoms with Gasteiger partial charge in [-0.2, -0.15) is 0 Å². The molecule has 0 aromatic heterocycles. The normalized spacial score (nSPS) is 22.9. The van der Waals surface area contributed by atoms with E-state index < -0.39 is 5.97 Å². The second-order valence-corrected chi connectivity index (χ2v) is 5.76. The second-order valence-electron chi connectivity index (χ2n) is 4.85. The maximum absolute atomic E-state index is 12.0. The topological polar surface area (TPSA) is 54.4 Å². The van der Waals surface area contributed by atoms with E-state index in [1.54, 1.807) is 12.1 Å². The summed E-state index contributed by atoms with van der Waals surface area (Å²) >= 11 is 3.33. The van der Waals surface area contributed by atoms with Gasteiger partial charge in [-0.25, -0.2) is 0 Å². The summed E-state index contributed by atoms with van der Waals surface area (Å²) in [6.45, 7) is 0. The number of halogens is 1. The summed E-state index contributed by atoms with van der Waals surface area (Å²) in [4.78, 5) is 22.9. The zero-order valence-corrected chi connectivity index (χ0v) is 11.5. The molecule has 4 heteroatoms. The second kappa shape index (κ2) is 5.65. The van der Waals surface area contributed by atoms with E-state index in [-0.39, 0.29) is 17.6 Å². The molecule has 0 spiro atoms. The third kappa shape index (κ3) is 3.19. The quantitative estimate of drug-likeness (QED) is 0.866. The van der Waals surface area contributed by atoms with Gasteiger partial charge in [0.1, 0.15) is 0 Å². The Morgan fingerprint density at radius 1 is 1.22 bits per heavy atom. The Bertz CT molecular complexity index is 453. The molecule has 1 aliphatic carbocycles. The van der Waals surface area contributed by atoms with Gasteiger partial charge in [0.15, 0.2) is 5.78 Å². The third-order valence-electron chi connectivity index (χ3n) is 3.53. The minimum Gasteiger partial charge on any atom is -0.481 e. The van der Waals surface area contributed by atoms with E-state index in [0.29, 0.717) is 24.8 Å². The van der Waals surface area contributed by atoms with Crippen LogP contribution in [0.2, 0.25) is 0 Å². The molecular weight excluding hydrogens is 296 g/mol. The first-order valence-corrected chi connectivity index (χ1v) is 6.87. The molecule has 1 aliphatic rings. The van der Waals surface area contributed by atoms with Crippen LogP contribution in [0.25, 0.3) is 0 Å². The summed E-state index contributed by atoms with van der Waals surface area (Å²) in [5.74, 6) is -0.651. The monoisotopic (exact) mass is 310 g/mol. The Balaban J connectivity index is 1.92. The average molecular weight is 311 g/mol. The van der Waals surface area contributed by atoms with Crippen LogP contribution in [-0.2, 0) is 4.79 Å². The van der Waals surface area contributed by atoms with Gasteiger partial charge in [-0.05, 0) is 37.3 Å². The van der Waals surface area contributed by atoms with Gasteiger partial charge < -0.3 is 5.11 Å². The van der Waals surface area contributed by atoms with Crippen LogP contribution in [0, 0.1) is 11.8 Å². The van der Waals surface area contributed by atoms with Gasteiger partial charge in [-0.1, -0.05) is 28.1 Å². The van der Waals surface area contributed by atoms with Gasteiger partial charge in [-0.15, -0.1) is 0 Å². The highest BCUT2D eigenvalue weighted by Gasteiger charge is 2.30. The molecular formula is C14H15BrO3. The van der Waals surface area contributed by atoms with Crippen molar-refractivity contribution in [1.82, 2.24) is 0 Å². The van der Waals surface area contributed by atoms with Crippen molar-refractivity contribution in [3.05, 3.63) is 34.3 Å². The van der Waals surface area contributed by atoms with Crippen LogP contribution in [-0.4, -0.2) is 16.9 Å². The van der Waals surface area contributed by atoms with Gasteiger partial charge in [0.2, 0.25) is 0 Å². The molecule has 0 heterocycles. The van der Waals surface area contributed by atoms with Crippen molar-refractivity contribution in [2.24, 2.45) is 11.8 Å². The van der Waals surface area contributed by atoms with E-state index in [2.05, 4.69) is 15.9 Å². The fourth-order valence-corrected chi connectivity index (χ4v) is 2.76. The number of ketones is 1. The number of aliphatic carboxylic acids is 1. The van der Waals surface area contributed by atoms with E-state index in [1.165, 1.54) is 0 Å². The number of benzene rings is 1. The lowest BCUT2D eigenvalue weighted by atomic mass is 9.96. The molecule has 2 atom stereocenters. The highest BCUT2D eigenvalue weighted by Crippen LogP contribution is 2.34. The largest absolute Gasteiger partial charge is 0.481 e. The average Bonchev–Trinajstić information content (AvgIpc) is 2.78. The van der Waals surface area contributed by atoms with Crippen molar-refractivity contribution in [1.29, 1.82) is 0 Å². The molecule has 18 heavy (non-hydrogen) atoms. The number of hydrogen-bond acceptors (Lipinski definition) is 2. The molecule has 1 fully saturated rings. The first kappa shape index (κ1) is 13.3. The molecule has 0 aliphatic heterocycles. The Morgan fingerprint density at radius 2 is 1.89 bits per heavy atom. The maximum Gasteiger partial charge on any atom is 0.306 e. The lowest BCUT2D eigenvalue weighted by Gasteiger charge is -2.08. The van der Waals surface area contributed by atoms with Gasteiger partial charge in [0.25, 0.3) is 0 Å². The van der Waals surface area contributed by atoms with Crippen LogP contribution >= 0.6 is 15.9 Å². The highest BCUT2D eigenvalue weighted by atomic mass is 79.9. The number of carbonyl (C=O) groups is 2. The number of Topliss-reactive ketones (excluding diaryl/α,β-unsaturated/α-hetero) is 1. The predicted molar refractivity (Wildman–Crippen MR) is 71.6 cm³/mol. The van der Waals surface area contributed by atoms with Gasteiger partial charge >= 0.3 is 5.97 Å². The maximum atomic E-state index is 12.0. The van der Waals surface area contributed by atoms with Crippen molar-refractivity contribution in [2.45, 2.75) is 25.7 Å². The zero-order chi connectivity index (χ0) is 13.1. The molecule has 96 valence electrons. The molecule has 1 N–H and O–H groups in total. The molecule has 2 unspecified atom stereocenters. The lowest BCUT2D eigenvalue weighted by Crippen LogP contribution is -2.11. The Kier molecular flexibility index (Phi) is 4.17. The highest BCUT2D eigenvalue weighted by molar-refractivity contribution is 9.10. The van der Waals surface area contributed by atoms with Crippen LogP contribution in [0.15, 0.2) is 28.7 Å². The predicted octanol–water partition coefficient (Wildman–Crippen LogP) is 3.52. The standard InChI is InChI=1S/C14H15BrO3/c15-12-5-3-10(4-6-12)13(16)8-9-1-2-11(7-9)14(17)18/h3-6,9,11H,1-2,7-8H2,(H,17,18). The van der Waals surface area contributed by atoms with Crippen molar-refractivity contribution in [3.63, 3.8) is 0 Å². The van der Waals surface area contributed by atoms with Crippen molar-refractivity contribution < 1.29 is 14.7 Å². The van der Waals surface area contributed by atoms with E-state index in [4.69, 9.17) is 5.11 Å². The summed E-state index contributed by atoms with van der Waals surface area (Å²) in [5.41, 5.74) is 0.706. The summed E-state index contributed by atoms with van der Waals surface area (Å²) in [6.07, 6.45) is 2.65. The molecule has 3 nitrogen and oxygen atoms in total. The number of carbonyl (C=O) groups excluding carboxylic acids is 1. The number of hydrogen-bond donors (Lipinski definition) is 1. The van der Waals surface area contributed by atoms with Crippen molar-refractivity contribution in [3.8, 4) is 0 Å². The summed E-state index contributed by atoms with van der Waals surface area (Å²) < 4.78 is 0.950. The molecule has 2 rings (SSSR count). The van der Waals surface area contributed by atoms with E-state index in [9.17, 15) is 9.59 Å². The SMILES string of the molecule is O=C(CC1CCC(C(=O)O)C1)c1ccc(Br)cc1. The number of rotatable bonds is 4. The van der Waals surface area contributed by atoms with Crippen molar-refractivity contribution >= 4 is 27.7 Å². The molecule has 0 amide bonds. The van der Waals surface area contributed by atoms with E-state index in [1.807, 2.05) is 12.1 Å². The van der Waals surface area contributed by atoms with Gasteiger partial charge in [-0.3, -0.25) is 9.59 Å². The van der Waals surface area contributed by atoms with Crippen LogP contribution in [0.1, 0.15) is 36.0 Å². The van der Waals surface area contributed by atoms with E-state index >= 15 is 0 Å². The molecule has 0 saturated heterocycles. The summed E-state index contributed by atoms with van der Waals surface area (Å²) in [5, 5.41) is 8.92. The fourth-order valence-electron chi connectivity index (χ4n) is 2.50. The minimum atomic E-state index is -0.728. The van der Waals surface area contributed by atoms with Crippen LogP contribution in [0.4, 0.5) is 0 Å². The van der Waals surface area contributed by atoms with Crippen LogP contribution < -0.4 is 0 Å². The molecule has 1 saturated carbocycles. The fraction of sp³-hybridized carbons (Fsp3) is 0.429. The van der Waals surface area contributed by atoms with Gasteiger partial charge in [0, 0.05) is 16.5 Å². The first-order chi connectivity index (χ1) is 8.56. The molecule has 0 bridgehead atoms. The van der Waals surface area contributed by atoms with E-state index in [0.717, 1.165) is 10.9 Å².